The van der Waals surface area contributed by atoms with Crippen molar-refractivity contribution in [1.82, 2.24) is 4.72 Å². The molecule has 6 rings (SSSR count). The zero-order valence-electron chi connectivity index (χ0n) is 42.0. The van der Waals surface area contributed by atoms with E-state index < -0.39 is 59.0 Å². The Labute approximate surface area is 424 Å². The van der Waals surface area contributed by atoms with Crippen molar-refractivity contribution in [2.24, 2.45) is 0 Å². The van der Waals surface area contributed by atoms with E-state index in [-0.39, 0.29) is 37.9 Å². The summed E-state index contributed by atoms with van der Waals surface area (Å²) in [6, 6.07) is 44.6. The van der Waals surface area contributed by atoms with E-state index in [1.807, 2.05) is 134 Å². The predicted octanol–water partition coefficient (Wildman–Crippen LogP) is 11.2. The van der Waals surface area contributed by atoms with Crippen LogP contribution in [0, 0.1) is 6.92 Å². The number of rotatable bonds is 34. The van der Waals surface area contributed by atoms with E-state index in [0.717, 1.165) is 47.1 Å². The minimum Gasteiger partial charge on any atom is -0.390 e. The Morgan fingerprint density at radius 1 is 0.549 bits per heavy atom. The van der Waals surface area contributed by atoms with Crippen LogP contribution in [-0.4, -0.2) is 80.8 Å². The first-order valence-electron chi connectivity index (χ1n) is 26.0. The van der Waals surface area contributed by atoms with E-state index in [1.54, 1.807) is 12.1 Å². The van der Waals surface area contributed by atoms with Crippen LogP contribution in [0.5, 0.6) is 0 Å². The number of ether oxygens (including phenoxy) is 6. The Balaban J connectivity index is 1.24. The Hall–Kier alpha value is -4.31. The maximum Gasteiger partial charge on any atom is 0.240 e. The summed E-state index contributed by atoms with van der Waals surface area (Å²) in [4.78, 5) is 0.0338. The average Bonchev–Trinajstić information content (AvgIpc) is 3.39. The second-order valence-corrected chi connectivity index (χ2v) is 20.7. The minimum absolute atomic E-state index is 0.0338. The van der Waals surface area contributed by atoms with Gasteiger partial charge in [0.2, 0.25) is 10.0 Å². The molecule has 12 heteroatoms. The lowest BCUT2D eigenvalue weighted by Gasteiger charge is -2.46. The highest BCUT2D eigenvalue weighted by Crippen LogP contribution is 2.32. The van der Waals surface area contributed by atoms with Crippen LogP contribution in [0.3, 0.4) is 0 Å². The summed E-state index contributed by atoms with van der Waals surface area (Å²) in [5, 5.41) is 23.5. The van der Waals surface area contributed by atoms with Crippen molar-refractivity contribution >= 4 is 10.0 Å². The maximum absolute atomic E-state index is 14.1. The molecule has 0 aliphatic carbocycles. The molecule has 1 aliphatic heterocycles. The van der Waals surface area contributed by atoms with Gasteiger partial charge in [-0.05, 0) is 53.3 Å². The molecule has 11 nitrogen and oxygen atoms in total. The SMILES string of the molecule is CCCCCCCCCCCCCC[C@@H](O)[C@@H](O)[C@H](CO[C@H]1OC(COCc2ccccc2)[C@H](OCc2ccccc2)[C@@H](OCc2ccccc2)C1OCc1ccccc1)NS(=O)(=O)c1cccc(C)c1. The van der Waals surface area contributed by atoms with Crippen molar-refractivity contribution in [2.75, 3.05) is 13.2 Å². The van der Waals surface area contributed by atoms with Crippen molar-refractivity contribution in [3.05, 3.63) is 173 Å². The third-order valence-electron chi connectivity index (χ3n) is 13.0. The summed E-state index contributed by atoms with van der Waals surface area (Å²) in [6.07, 6.45) is 7.12. The second-order valence-electron chi connectivity index (χ2n) is 18.9. The van der Waals surface area contributed by atoms with Crippen LogP contribution in [0.15, 0.2) is 150 Å². The normalized spacial score (nSPS) is 19.6. The van der Waals surface area contributed by atoms with Crippen LogP contribution in [0.25, 0.3) is 0 Å². The van der Waals surface area contributed by atoms with E-state index in [0.29, 0.717) is 19.4 Å². The monoisotopic (exact) mass is 994 g/mol. The highest BCUT2D eigenvalue weighted by molar-refractivity contribution is 7.89. The number of aryl methyl sites for hydroxylation is 1. The zero-order chi connectivity index (χ0) is 49.9. The number of benzene rings is 5. The quantitative estimate of drug-likeness (QED) is 0.0341. The zero-order valence-corrected chi connectivity index (χ0v) is 42.8. The van der Waals surface area contributed by atoms with Crippen LogP contribution in [0.1, 0.15) is 118 Å². The fourth-order valence-corrected chi connectivity index (χ4v) is 10.3. The van der Waals surface area contributed by atoms with Gasteiger partial charge in [-0.1, -0.05) is 217 Å². The van der Waals surface area contributed by atoms with Gasteiger partial charge in [0.25, 0.3) is 0 Å². The van der Waals surface area contributed by atoms with E-state index in [1.165, 1.54) is 57.4 Å². The van der Waals surface area contributed by atoms with Crippen molar-refractivity contribution in [2.45, 2.75) is 178 Å². The van der Waals surface area contributed by atoms with Gasteiger partial charge in [0.05, 0.1) is 62.8 Å². The smallest absolute Gasteiger partial charge is 0.240 e. The lowest BCUT2D eigenvalue weighted by molar-refractivity contribution is -0.329. The van der Waals surface area contributed by atoms with Gasteiger partial charge >= 0.3 is 0 Å². The molecule has 1 heterocycles. The van der Waals surface area contributed by atoms with Gasteiger partial charge in [0.15, 0.2) is 6.29 Å². The molecule has 0 amide bonds. The average molecular weight is 994 g/mol. The van der Waals surface area contributed by atoms with Crippen molar-refractivity contribution < 1.29 is 47.1 Å². The van der Waals surface area contributed by atoms with Crippen LogP contribution >= 0.6 is 0 Å². The second kappa shape index (κ2) is 31.3. The highest BCUT2D eigenvalue weighted by Gasteiger charge is 2.49. The molecule has 0 spiro atoms. The Bertz CT molecular complexity index is 2270. The largest absolute Gasteiger partial charge is 0.390 e. The van der Waals surface area contributed by atoms with E-state index in [9.17, 15) is 18.6 Å². The number of unbranched alkanes of at least 4 members (excludes halogenated alkanes) is 11. The molecule has 1 aliphatic rings. The van der Waals surface area contributed by atoms with Gasteiger partial charge in [-0.2, -0.15) is 0 Å². The Morgan fingerprint density at radius 2 is 1.01 bits per heavy atom. The fraction of sp³-hybridized carbons (Fsp3) is 0.492. The van der Waals surface area contributed by atoms with Gasteiger partial charge in [0, 0.05) is 0 Å². The number of aliphatic hydroxyl groups is 2. The molecule has 71 heavy (non-hydrogen) atoms. The first kappa shape index (κ1) is 56.0. The molecule has 1 saturated heterocycles. The molecule has 0 radical (unpaired) electrons. The molecule has 2 unspecified atom stereocenters. The molecule has 0 saturated carbocycles. The van der Waals surface area contributed by atoms with Gasteiger partial charge in [-0.25, -0.2) is 13.1 Å². The molecule has 5 aromatic rings. The molecule has 0 bridgehead atoms. The van der Waals surface area contributed by atoms with Gasteiger partial charge in [0.1, 0.15) is 24.4 Å². The number of aliphatic hydroxyl groups excluding tert-OH is 2. The maximum atomic E-state index is 14.1. The third-order valence-corrected chi connectivity index (χ3v) is 14.5. The van der Waals surface area contributed by atoms with Crippen LogP contribution in [-0.2, 0) is 64.9 Å². The summed E-state index contributed by atoms with van der Waals surface area (Å²) >= 11 is 0. The molecule has 5 aromatic carbocycles. The first-order chi connectivity index (χ1) is 34.7. The van der Waals surface area contributed by atoms with Crippen molar-refractivity contribution in [3.8, 4) is 0 Å². The number of sulfonamides is 1. The van der Waals surface area contributed by atoms with E-state index in [4.69, 9.17) is 28.4 Å². The van der Waals surface area contributed by atoms with Crippen LogP contribution < -0.4 is 4.72 Å². The van der Waals surface area contributed by atoms with Gasteiger partial charge < -0.3 is 38.6 Å². The van der Waals surface area contributed by atoms with Gasteiger partial charge in [-0.15, -0.1) is 0 Å². The third kappa shape index (κ3) is 19.6. The highest BCUT2D eigenvalue weighted by atomic mass is 32.2. The minimum atomic E-state index is -4.20. The summed E-state index contributed by atoms with van der Waals surface area (Å²) in [7, 11) is -4.20. The molecule has 0 aromatic heterocycles. The Kier molecular flexibility index (Phi) is 24.7. The van der Waals surface area contributed by atoms with Crippen LogP contribution in [0.4, 0.5) is 0 Å². The predicted molar refractivity (Wildman–Crippen MR) is 279 cm³/mol. The molecular formula is C59H79NO10S. The summed E-state index contributed by atoms with van der Waals surface area (Å²) in [5.74, 6) is 0. The standard InChI is InChI=1S/C59H79NO10S/c1-3-4-5-6-7-8-9-10-11-12-13-26-38-53(61)55(62)52(60-71(63,64)51-37-27-28-46(2)39-51)44-69-59-58(68-43-50-35-24-17-25-36-50)57(67-42-49-33-22-16-23-34-49)56(66-41-48-31-20-15-21-32-48)54(70-59)45-65-40-47-29-18-14-19-30-47/h14-25,27-37,39,52-62H,3-13,26,38,40-45H2,1-2H3/t52-,53+,54?,55-,56-,57+,58?,59-/m0/s1. The summed E-state index contributed by atoms with van der Waals surface area (Å²) in [6.45, 7) is 4.72. The molecule has 8 atom stereocenters. The topological polar surface area (TPSA) is 142 Å². The van der Waals surface area contributed by atoms with E-state index >= 15 is 0 Å². The fourth-order valence-electron chi connectivity index (χ4n) is 8.97. The lowest BCUT2D eigenvalue weighted by atomic mass is 9.97. The number of hydrogen-bond donors (Lipinski definition) is 3. The number of hydrogen-bond acceptors (Lipinski definition) is 10. The number of nitrogens with one attached hydrogen (secondary N) is 1. The van der Waals surface area contributed by atoms with Crippen molar-refractivity contribution in [3.63, 3.8) is 0 Å². The van der Waals surface area contributed by atoms with E-state index in [2.05, 4.69) is 11.6 Å². The first-order valence-corrected chi connectivity index (χ1v) is 27.5. The molecule has 1 fully saturated rings. The molecule has 386 valence electrons. The molecule has 3 N–H and O–H groups in total. The van der Waals surface area contributed by atoms with Gasteiger partial charge in [-0.3, -0.25) is 0 Å². The van der Waals surface area contributed by atoms with Crippen molar-refractivity contribution in [1.29, 1.82) is 0 Å². The molecular weight excluding hydrogens is 915 g/mol. The van der Waals surface area contributed by atoms with Crippen LogP contribution in [0.2, 0.25) is 0 Å². The lowest BCUT2D eigenvalue weighted by Crippen LogP contribution is -2.62. The Morgan fingerprint density at radius 3 is 1.52 bits per heavy atom. The summed E-state index contributed by atoms with van der Waals surface area (Å²) < 4.78 is 71.3. The summed E-state index contributed by atoms with van der Waals surface area (Å²) in [5.41, 5.74) is 4.54.